The first-order chi connectivity index (χ1) is 9.24. The van der Waals surface area contributed by atoms with Crippen LogP contribution in [-0.2, 0) is 6.54 Å². The Morgan fingerprint density at radius 2 is 2.37 bits per heavy atom. The highest BCUT2D eigenvalue weighted by Gasteiger charge is 2.25. The molecule has 0 bridgehead atoms. The monoisotopic (exact) mass is 260 g/mol. The van der Waals surface area contributed by atoms with Gasteiger partial charge in [0.25, 0.3) is 0 Å². The molecule has 1 atom stereocenters. The van der Waals surface area contributed by atoms with Gasteiger partial charge < -0.3 is 4.42 Å². The first-order valence-corrected chi connectivity index (χ1v) is 6.88. The van der Waals surface area contributed by atoms with Crippen LogP contribution < -0.4 is 0 Å². The van der Waals surface area contributed by atoms with Gasteiger partial charge in [-0.2, -0.15) is 5.10 Å². The third-order valence-corrected chi connectivity index (χ3v) is 3.72. The van der Waals surface area contributed by atoms with Gasteiger partial charge in [0, 0.05) is 37.9 Å². The van der Waals surface area contributed by atoms with E-state index >= 15 is 0 Å². The summed E-state index contributed by atoms with van der Waals surface area (Å²) in [6.07, 6.45) is 6.60. The van der Waals surface area contributed by atoms with Crippen LogP contribution in [-0.4, -0.2) is 32.8 Å². The van der Waals surface area contributed by atoms with E-state index in [0.29, 0.717) is 12.0 Å². The van der Waals surface area contributed by atoms with Gasteiger partial charge in [0.05, 0.1) is 11.7 Å². The van der Waals surface area contributed by atoms with Crippen LogP contribution in [0.15, 0.2) is 29.3 Å². The summed E-state index contributed by atoms with van der Waals surface area (Å²) in [6.45, 7) is 7.28. The van der Waals surface area contributed by atoms with Gasteiger partial charge in [0.1, 0.15) is 5.76 Å². The highest BCUT2D eigenvalue weighted by Crippen LogP contribution is 2.25. The third kappa shape index (κ3) is 2.56. The Balaban J connectivity index is 1.64. The molecule has 5 nitrogen and oxygen atoms in total. The fraction of sp³-hybridized carbons (Fsp3) is 0.571. The molecule has 1 saturated heterocycles. The predicted octanol–water partition coefficient (Wildman–Crippen LogP) is 2.44. The molecule has 19 heavy (non-hydrogen) atoms. The van der Waals surface area contributed by atoms with Crippen molar-refractivity contribution in [3.8, 4) is 0 Å². The summed E-state index contributed by atoms with van der Waals surface area (Å²) >= 11 is 0. The van der Waals surface area contributed by atoms with E-state index in [9.17, 15) is 0 Å². The van der Waals surface area contributed by atoms with Crippen LogP contribution in [0.5, 0.6) is 0 Å². The normalized spacial score (nSPS) is 20.5. The molecule has 2 aromatic rings. The summed E-state index contributed by atoms with van der Waals surface area (Å²) in [4.78, 5) is 6.78. The predicted molar refractivity (Wildman–Crippen MR) is 71.8 cm³/mol. The molecule has 0 amide bonds. The molecule has 5 heteroatoms. The molecule has 0 aromatic carbocycles. The van der Waals surface area contributed by atoms with Gasteiger partial charge in [-0.3, -0.25) is 9.58 Å². The summed E-state index contributed by atoms with van der Waals surface area (Å²) in [5.41, 5.74) is 1.08. The van der Waals surface area contributed by atoms with Gasteiger partial charge in [-0.25, -0.2) is 4.98 Å². The van der Waals surface area contributed by atoms with Crippen molar-refractivity contribution in [2.24, 2.45) is 0 Å². The Labute approximate surface area is 113 Å². The molecule has 2 aromatic heterocycles. The largest absolute Gasteiger partial charge is 0.448 e. The van der Waals surface area contributed by atoms with Crippen molar-refractivity contribution in [2.45, 2.75) is 38.8 Å². The van der Waals surface area contributed by atoms with Crippen LogP contribution >= 0.6 is 0 Å². The second-order valence-electron chi connectivity index (χ2n) is 5.48. The summed E-state index contributed by atoms with van der Waals surface area (Å²) in [5, 5.41) is 4.33. The Morgan fingerprint density at radius 3 is 3.11 bits per heavy atom. The third-order valence-electron chi connectivity index (χ3n) is 3.72. The molecule has 1 fully saturated rings. The van der Waals surface area contributed by atoms with Gasteiger partial charge >= 0.3 is 0 Å². The second-order valence-corrected chi connectivity index (χ2v) is 5.48. The van der Waals surface area contributed by atoms with Gasteiger partial charge in [-0.1, -0.05) is 13.8 Å². The molecule has 1 unspecified atom stereocenters. The zero-order chi connectivity index (χ0) is 13.2. The minimum Gasteiger partial charge on any atom is -0.448 e. The Hall–Kier alpha value is -1.62. The fourth-order valence-corrected chi connectivity index (χ4v) is 2.75. The maximum absolute atomic E-state index is 5.48. The van der Waals surface area contributed by atoms with Crippen molar-refractivity contribution >= 4 is 0 Å². The van der Waals surface area contributed by atoms with E-state index in [1.807, 2.05) is 18.5 Å². The summed E-state index contributed by atoms with van der Waals surface area (Å²) < 4.78 is 7.54. The van der Waals surface area contributed by atoms with E-state index in [2.05, 4.69) is 33.5 Å². The highest BCUT2D eigenvalue weighted by atomic mass is 16.3. The maximum atomic E-state index is 5.48. The number of hydrogen-bond acceptors (Lipinski definition) is 4. The number of likely N-dealkylation sites (tertiary alicyclic amines) is 1. The number of nitrogens with zero attached hydrogens (tertiary/aromatic N) is 4. The lowest BCUT2D eigenvalue weighted by atomic mass is 10.1. The fourth-order valence-electron chi connectivity index (χ4n) is 2.75. The first kappa shape index (κ1) is 12.4. The van der Waals surface area contributed by atoms with Crippen molar-refractivity contribution in [2.75, 3.05) is 13.1 Å². The van der Waals surface area contributed by atoms with Crippen LogP contribution in [0.25, 0.3) is 0 Å². The SMILES string of the molecule is CC(C)c1ocnc1CN1CCC(n2cccn2)C1. The van der Waals surface area contributed by atoms with E-state index < -0.39 is 0 Å². The van der Waals surface area contributed by atoms with Gasteiger partial charge in [0.15, 0.2) is 6.39 Å². The topological polar surface area (TPSA) is 47.1 Å². The Bertz CT molecular complexity index is 517. The second kappa shape index (κ2) is 5.17. The van der Waals surface area contributed by atoms with E-state index in [4.69, 9.17) is 4.42 Å². The summed E-state index contributed by atoms with van der Waals surface area (Å²) in [5.74, 6) is 1.41. The zero-order valence-electron chi connectivity index (χ0n) is 11.5. The number of hydrogen-bond donors (Lipinski definition) is 0. The van der Waals surface area contributed by atoms with Gasteiger partial charge in [0.2, 0.25) is 0 Å². The summed E-state index contributed by atoms with van der Waals surface area (Å²) in [7, 11) is 0. The lowest BCUT2D eigenvalue weighted by molar-refractivity contribution is 0.305. The average molecular weight is 260 g/mol. The van der Waals surface area contributed by atoms with Crippen molar-refractivity contribution in [1.82, 2.24) is 19.7 Å². The number of rotatable bonds is 4. The van der Waals surface area contributed by atoms with Crippen molar-refractivity contribution in [1.29, 1.82) is 0 Å². The Morgan fingerprint density at radius 1 is 1.47 bits per heavy atom. The maximum Gasteiger partial charge on any atom is 0.181 e. The minimum atomic E-state index is 0.391. The molecule has 0 saturated carbocycles. The smallest absolute Gasteiger partial charge is 0.181 e. The van der Waals surface area contributed by atoms with Crippen LogP contribution in [0.3, 0.4) is 0 Å². The first-order valence-electron chi connectivity index (χ1n) is 6.88. The number of aromatic nitrogens is 3. The minimum absolute atomic E-state index is 0.391. The van der Waals surface area contributed by atoms with E-state index in [0.717, 1.165) is 37.5 Å². The van der Waals surface area contributed by atoms with Crippen molar-refractivity contribution in [3.63, 3.8) is 0 Å². The average Bonchev–Trinajstić information content (AvgIpc) is 3.09. The van der Waals surface area contributed by atoms with Crippen LogP contribution in [0.4, 0.5) is 0 Å². The molecule has 0 N–H and O–H groups in total. The van der Waals surface area contributed by atoms with Gasteiger partial charge in [-0.05, 0) is 12.5 Å². The summed E-state index contributed by atoms with van der Waals surface area (Å²) in [6, 6.07) is 2.47. The molecular weight excluding hydrogens is 240 g/mol. The molecule has 3 rings (SSSR count). The van der Waals surface area contributed by atoms with E-state index in [1.165, 1.54) is 0 Å². The molecule has 1 aliphatic rings. The molecule has 102 valence electrons. The number of oxazole rings is 1. The lowest BCUT2D eigenvalue weighted by Gasteiger charge is -2.16. The van der Waals surface area contributed by atoms with Crippen LogP contribution in [0.1, 0.15) is 43.7 Å². The molecule has 0 aliphatic carbocycles. The standard InChI is InChI=1S/C14H20N4O/c1-11(2)14-13(15-10-19-14)9-17-7-4-12(8-17)18-6-3-5-16-18/h3,5-6,10-12H,4,7-9H2,1-2H3. The lowest BCUT2D eigenvalue weighted by Crippen LogP contribution is -2.22. The van der Waals surface area contributed by atoms with Gasteiger partial charge in [-0.15, -0.1) is 0 Å². The van der Waals surface area contributed by atoms with Crippen molar-refractivity contribution in [3.05, 3.63) is 36.3 Å². The van der Waals surface area contributed by atoms with Crippen LogP contribution in [0, 0.1) is 0 Å². The molecule has 3 heterocycles. The molecule has 1 aliphatic heterocycles. The Kier molecular flexibility index (Phi) is 3.38. The van der Waals surface area contributed by atoms with E-state index in [-0.39, 0.29) is 0 Å². The van der Waals surface area contributed by atoms with Crippen LogP contribution in [0.2, 0.25) is 0 Å². The van der Waals surface area contributed by atoms with E-state index in [1.54, 1.807) is 6.39 Å². The quantitative estimate of drug-likeness (QED) is 0.847. The molecular formula is C14H20N4O. The zero-order valence-corrected chi connectivity index (χ0v) is 11.5. The molecule has 0 radical (unpaired) electrons. The molecule has 0 spiro atoms. The van der Waals surface area contributed by atoms with Crippen molar-refractivity contribution < 1.29 is 4.42 Å². The highest BCUT2D eigenvalue weighted by molar-refractivity contribution is 5.11.